The molecule has 8 heteroatoms. The topological polar surface area (TPSA) is 101 Å². The molecule has 0 unspecified atom stereocenters. The Morgan fingerprint density at radius 2 is 1.86 bits per heavy atom. The quantitative estimate of drug-likeness (QED) is 0.865. The zero-order valence-electron chi connectivity index (χ0n) is 12.0. The number of rotatable bonds is 4. The van der Waals surface area contributed by atoms with Crippen LogP contribution in [0.3, 0.4) is 0 Å². The van der Waals surface area contributed by atoms with Gasteiger partial charge in [0.2, 0.25) is 5.91 Å². The third-order valence-corrected chi connectivity index (χ3v) is 5.58. The molecule has 0 atom stereocenters. The third-order valence-electron chi connectivity index (χ3n) is 3.44. The molecule has 2 N–H and O–H groups in total. The average Bonchev–Trinajstić information content (AvgIpc) is 2.46. The Labute approximate surface area is 133 Å². The summed E-state index contributed by atoms with van der Waals surface area (Å²) in [6, 6.07) is 3.65. The van der Waals surface area contributed by atoms with Crippen LogP contribution in [-0.4, -0.2) is 43.2 Å². The zero-order chi connectivity index (χ0) is 16.3. The lowest BCUT2D eigenvalue weighted by Gasteiger charge is -2.20. The Morgan fingerprint density at radius 1 is 1.23 bits per heavy atom. The van der Waals surface area contributed by atoms with Crippen molar-refractivity contribution in [2.75, 3.05) is 23.1 Å². The van der Waals surface area contributed by atoms with E-state index in [2.05, 4.69) is 5.32 Å². The molecule has 1 aliphatic heterocycles. The summed E-state index contributed by atoms with van der Waals surface area (Å²) in [5.41, 5.74) is 0.0287. The van der Waals surface area contributed by atoms with Gasteiger partial charge in [0.05, 0.1) is 10.5 Å². The zero-order valence-corrected chi connectivity index (χ0v) is 13.7. The fourth-order valence-electron chi connectivity index (χ4n) is 2.21. The van der Waals surface area contributed by atoms with E-state index in [1.165, 1.54) is 12.1 Å². The molecule has 120 valence electrons. The van der Waals surface area contributed by atoms with Crippen molar-refractivity contribution in [3.63, 3.8) is 0 Å². The summed E-state index contributed by atoms with van der Waals surface area (Å²) in [5.74, 6) is 0.290. The van der Waals surface area contributed by atoms with E-state index in [-0.39, 0.29) is 28.0 Å². The minimum atomic E-state index is -3.56. The van der Waals surface area contributed by atoms with Crippen LogP contribution in [0.15, 0.2) is 23.1 Å². The van der Waals surface area contributed by atoms with Crippen LogP contribution >= 0.6 is 11.8 Å². The van der Waals surface area contributed by atoms with Gasteiger partial charge in [0.15, 0.2) is 9.84 Å². The molecule has 1 saturated heterocycles. The van der Waals surface area contributed by atoms with Gasteiger partial charge in [-0.3, -0.25) is 4.79 Å². The van der Waals surface area contributed by atoms with Crippen LogP contribution in [0.2, 0.25) is 0 Å². The maximum atomic E-state index is 12.2. The van der Waals surface area contributed by atoms with E-state index >= 15 is 0 Å². The van der Waals surface area contributed by atoms with E-state index in [0.29, 0.717) is 0 Å². The molecule has 1 amide bonds. The lowest BCUT2D eigenvalue weighted by Crippen LogP contribution is -2.26. The highest BCUT2D eigenvalue weighted by molar-refractivity contribution is 7.99. The molecular weight excluding hydrogens is 326 g/mol. The number of hydrogen-bond donors (Lipinski definition) is 2. The molecular formula is C14H17NO5S2. The number of carbonyl (C=O) groups is 2. The van der Waals surface area contributed by atoms with Gasteiger partial charge >= 0.3 is 5.97 Å². The first-order chi connectivity index (χ1) is 10.3. The number of anilines is 1. The Kier molecular flexibility index (Phi) is 5.12. The first-order valence-corrected chi connectivity index (χ1v) is 9.79. The van der Waals surface area contributed by atoms with Gasteiger partial charge in [-0.15, -0.1) is 0 Å². The SMILES string of the molecule is CS(=O)(=O)c1cc(NC(=O)C2CCSCC2)cc(C(=O)O)c1. The van der Waals surface area contributed by atoms with E-state index in [1.54, 1.807) is 11.8 Å². The van der Waals surface area contributed by atoms with Gasteiger partial charge in [0.1, 0.15) is 0 Å². The largest absolute Gasteiger partial charge is 0.478 e. The molecule has 0 aliphatic carbocycles. The van der Waals surface area contributed by atoms with Crippen molar-refractivity contribution in [1.82, 2.24) is 0 Å². The van der Waals surface area contributed by atoms with Gasteiger partial charge in [0.25, 0.3) is 0 Å². The van der Waals surface area contributed by atoms with Gasteiger partial charge in [-0.2, -0.15) is 11.8 Å². The summed E-state index contributed by atoms with van der Waals surface area (Å²) >= 11 is 1.80. The second kappa shape index (κ2) is 6.70. The predicted octanol–water partition coefficient (Wildman–Crippen LogP) is 1.87. The summed E-state index contributed by atoms with van der Waals surface area (Å²) in [6.45, 7) is 0. The molecule has 1 aromatic rings. The number of sulfone groups is 1. The molecule has 6 nitrogen and oxygen atoms in total. The smallest absolute Gasteiger partial charge is 0.335 e. The number of nitrogens with one attached hydrogen (secondary N) is 1. The highest BCUT2D eigenvalue weighted by Crippen LogP contribution is 2.25. The summed E-state index contributed by atoms with van der Waals surface area (Å²) in [5, 5.41) is 11.7. The Hall–Kier alpha value is -1.54. The maximum absolute atomic E-state index is 12.2. The minimum Gasteiger partial charge on any atom is -0.478 e. The average molecular weight is 343 g/mol. The molecule has 1 aliphatic rings. The van der Waals surface area contributed by atoms with Crippen LogP contribution in [0.1, 0.15) is 23.2 Å². The van der Waals surface area contributed by atoms with Gasteiger partial charge < -0.3 is 10.4 Å². The number of thioether (sulfide) groups is 1. The Balaban J connectivity index is 2.27. The number of aromatic carboxylic acids is 1. The molecule has 2 rings (SSSR count). The number of carboxylic acids is 1. The molecule has 1 heterocycles. The van der Waals surface area contributed by atoms with Crippen molar-refractivity contribution in [2.24, 2.45) is 5.92 Å². The van der Waals surface area contributed by atoms with E-state index in [1.807, 2.05) is 0 Å². The number of carbonyl (C=O) groups excluding carboxylic acids is 1. The Bertz CT molecular complexity index is 693. The van der Waals surface area contributed by atoms with Crippen molar-refractivity contribution in [3.8, 4) is 0 Å². The predicted molar refractivity (Wildman–Crippen MR) is 85.2 cm³/mol. The summed E-state index contributed by atoms with van der Waals surface area (Å²) in [4.78, 5) is 23.2. The van der Waals surface area contributed by atoms with Gasteiger partial charge in [0, 0.05) is 17.9 Å². The fraction of sp³-hybridized carbons (Fsp3) is 0.429. The summed E-state index contributed by atoms with van der Waals surface area (Å²) in [6.07, 6.45) is 2.54. The first-order valence-electron chi connectivity index (χ1n) is 6.74. The molecule has 0 radical (unpaired) electrons. The van der Waals surface area contributed by atoms with Gasteiger partial charge in [-0.05, 0) is 42.5 Å². The van der Waals surface area contributed by atoms with E-state index in [0.717, 1.165) is 36.7 Å². The molecule has 1 fully saturated rings. The second-order valence-corrected chi connectivity index (χ2v) is 8.44. The third kappa shape index (κ3) is 4.23. The van der Waals surface area contributed by atoms with Crippen LogP contribution in [0, 0.1) is 5.92 Å². The number of amides is 1. The fourth-order valence-corrected chi connectivity index (χ4v) is 4.00. The van der Waals surface area contributed by atoms with Crippen LogP contribution in [0.25, 0.3) is 0 Å². The van der Waals surface area contributed by atoms with Gasteiger partial charge in [-0.25, -0.2) is 13.2 Å². The number of benzene rings is 1. The highest BCUT2D eigenvalue weighted by Gasteiger charge is 2.22. The highest BCUT2D eigenvalue weighted by atomic mass is 32.2. The monoisotopic (exact) mass is 343 g/mol. The van der Waals surface area contributed by atoms with E-state index < -0.39 is 15.8 Å². The maximum Gasteiger partial charge on any atom is 0.335 e. The van der Waals surface area contributed by atoms with Crippen molar-refractivity contribution < 1.29 is 23.1 Å². The van der Waals surface area contributed by atoms with Crippen LogP contribution in [-0.2, 0) is 14.6 Å². The molecule has 22 heavy (non-hydrogen) atoms. The van der Waals surface area contributed by atoms with Crippen molar-refractivity contribution in [2.45, 2.75) is 17.7 Å². The van der Waals surface area contributed by atoms with Crippen molar-refractivity contribution in [3.05, 3.63) is 23.8 Å². The molecule has 0 saturated carbocycles. The lowest BCUT2D eigenvalue weighted by molar-refractivity contribution is -0.120. The molecule has 1 aromatic carbocycles. The van der Waals surface area contributed by atoms with E-state index in [9.17, 15) is 18.0 Å². The molecule has 0 aromatic heterocycles. The van der Waals surface area contributed by atoms with Gasteiger partial charge in [-0.1, -0.05) is 0 Å². The molecule has 0 bridgehead atoms. The lowest BCUT2D eigenvalue weighted by atomic mass is 10.0. The number of hydrogen-bond acceptors (Lipinski definition) is 5. The van der Waals surface area contributed by atoms with Crippen molar-refractivity contribution >= 4 is 39.2 Å². The second-order valence-electron chi connectivity index (χ2n) is 5.20. The van der Waals surface area contributed by atoms with Crippen LogP contribution < -0.4 is 5.32 Å². The van der Waals surface area contributed by atoms with Crippen LogP contribution in [0.5, 0.6) is 0 Å². The van der Waals surface area contributed by atoms with Crippen molar-refractivity contribution in [1.29, 1.82) is 0 Å². The van der Waals surface area contributed by atoms with Crippen LogP contribution in [0.4, 0.5) is 5.69 Å². The minimum absolute atomic E-state index is 0.114. The number of carboxylic acid groups (broad SMARTS) is 1. The standard InChI is InChI=1S/C14H17NO5S2/c1-22(19,20)12-7-10(14(17)18)6-11(8-12)15-13(16)9-2-4-21-5-3-9/h6-9H,2-5H2,1H3,(H,15,16)(H,17,18). The first kappa shape index (κ1) is 16.8. The summed E-state index contributed by atoms with van der Waals surface area (Å²) < 4.78 is 23.3. The normalized spacial score (nSPS) is 16.2. The summed E-state index contributed by atoms with van der Waals surface area (Å²) in [7, 11) is -3.56. The molecule has 0 spiro atoms. The van der Waals surface area contributed by atoms with E-state index in [4.69, 9.17) is 5.11 Å². The Morgan fingerprint density at radius 3 is 2.41 bits per heavy atom.